The molecule has 1 aliphatic rings. The number of amidine groups is 1. The van der Waals surface area contributed by atoms with E-state index in [1.54, 1.807) is 0 Å². The Kier molecular flexibility index (Phi) is 6.95. The highest BCUT2D eigenvalue weighted by molar-refractivity contribution is 5.97. The van der Waals surface area contributed by atoms with Gasteiger partial charge in [-0.2, -0.15) is 39.5 Å². The highest BCUT2D eigenvalue weighted by Gasteiger charge is 2.41. The van der Waals surface area contributed by atoms with Gasteiger partial charge in [0.05, 0.1) is 29.5 Å². The fraction of sp³-hybridized carbons (Fsp3) is 0.185. The van der Waals surface area contributed by atoms with Crippen LogP contribution in [0.4, 0.5) is 39.5 Å². The molecular weight excluding hydrogens is 569 g/mol. The summed E-state index contributed by atoms with van der Waals surface area (Å²) in [5, 5.41) is 3.84. The number of halogens is 9. The molecule has 4 aromatic rings. The molecule has 1 unspecified atom stereocenters. The Bertz CT molecular complexity index is 1540. The van der Waals surface area contributed by atoms with Crippen LogP contribution in [0, 0.1) is 0 Å². The van der Waals surface area contributed by atoms with Gasteiger partial charge in [-0.25, -0.2) is 0 Å². The minimum absolute atomic E-state index is 0.0234. The van der Waals surface area contributed by atoms with Gasteiger partial charge in [-0.1, -0.05) is 23.4 Å². The van der Waals surface area contributed by atoms with Crippen LogP contribution in [0.3, 0.4) is 0 Å². The lowest BCUT2D eigenvalue weighted by molar-refractivity contribution is -0.143. The Balaban J connectivity index is 1.63. The summed E-state index contributed by atoms with van der Waals surface area (Å²) in [6.07, 6.45) is -12.8. The van der Waals surface area contributed by atoms with Crippen molar-refractivity contribution >= 4 is 5.84 Å². The average molecular weight is 585 g/mol. The second-order valence-electron chi connectivity index (χ2n) is 8.89. The quantitative estimate of drug-likeness (QED) is 0.221. The first-order valence-electron chi connectivity index (χ1n) is 11.7. The zero-order valence-corrected chi connectivity index (χ0v) is 20.3. The van der Waals surface area contributed by atoms with E-state index in [9.17, 15) is 39.5 Å². The monoisotopic (exact) mass is 585 g/mol. The third kappa shape index (κ3) is 5.72. The maximum Gasteiger partial charge on any atom is 0.417 e. The molecule has 14 heteroatoms. The van der Waals surface area contributed by atoms with Crippen molar-refractivity contribution in [3.63, 3.8) is 0 Å². The average Bonchev–Trinajstić information content (AvgIpc) is 3.57. The Hall–Kier alpha value is -4.49. The van der Waals surface area contributed by atoms with Gasteiger partial charge >= 0.3 is 18.5 Å². The number of benzene rings is 2. The van der Waals surface area contributed by atoms with Gasteiger partial charge in [0.1, 0.15) is 0 Å². The molecule has 3 heterocycles. The molecule has 0 saturated carbocycles. The van der Waals surface area contributed by atoms with Gasteiger partial charge in [0.15, 0.2) is 5.76 Å². The molecule has 0 fully saturated rings. The molecule has 2 aromatic carbocycles. The van der Waals surface area contributed by atoms with Crippen molar-refractivity contribution in [1.82, 2.24) is 9.88 Å². The van der Waals surface area contributed by atoms with Crippen LogP contribution < -0.4 is 0 Å². The van der Waals surface area contributed by atoms with E-state index in [1.165, 1.54) is 60.0 Å². The number of furan rings is 1. The van der Waals surface area contributed by atoms with E-state index >= 15 is 0 Å². The summed E-state index contributed by atoms with van der Waals surface area (Å²) in [6.45, 7) is -0.378. The summed E-state index contributed by atoms with van der Waals surface area (Å²) in [4.78, 5) is 10.5. The zero-order valence-electron chi connectivity index (χ0n) is 20.3. The molecule has 0 bridgehead atoms. The van der Waals surface area contributed by atoms with E-state index in [0.717, 1.165) is 6.07 Å². The second-order valence-corrected chi connectivity index (χ2v) is 8.89. The first-order valence-corrected chi connectivity index (χ1v) is 11.7. The van der Waals surface area contributed by atoms with E-state index in [4.69, 9.17) is 9.25 Å². The molecule has 2 aromatic heterocycles. The molecule has 0 amide bonds. The first-order chi connectivity index (χ1) is 19.2. The van der Waals surface area contributed by atoms with Gasteiger partial charge in [-0.3, -0.25) is 4.98 Å². The van der Waals surface area contributed by atoms with E-state index in [2.05, 4.69) is 10.1 Å². The smallest absolute Gasteiger partial charge is 0.417 e. The minimum atomic E-state index is -5.12. The van der Waals surface area contributed by atoms with Gasteiger partial charge in [0.2, 0.25) is 12.1 Å². The summed E-state index contributed by atoms with van der Waals surface area (Å²) >= 11 is 0. The first kappa shape index (κ1) is 28.1. The van der Waals surface area contributed by atoms with Crippen molar-refractivity contribution in [2.75, 3.05) is 0 Å². The van der Waals surface area contributed by atoms with Gasteiger partial charge < -0.3 is 14.2 Å². The Morgan fingerprint density at radius 3 is 2.05 bits per heavy atom. The van der Waals surface area contributed by atoms with Crippen LogP contribution in [0.1, 0.15) is 39.8 Å². The number of alkyl halides is 9. The van der Waals surface area contributed by atoms with Crippen molar-refractivity contribution in [1.29, 1.82) is 0 Å². The Morgan fingerprint density at radius 1 is 0.756 bits per heavy atom. The molecule has 41 heavy (non-hydrogen) atoms. The predicted octanol–water partition coefficient (Wildman–Crippen LogP) is 8.29. The Morgan fingerprint density at radius 2 is 1.44 bits per heavy atom. The molecule has 5 nitrogen and oxygen atoms in total. The summed E-state index contributed by atoms with van der Waals surface area (Å²) in [7, 11) is 0. The van der Waals surface area contributed by atoms with Crippen LogP contribution in [-0.2, 0) is 29.9 Å². The van der Waals surface area contributed by atoms with Gasteiger partial charge in [0.25, 0.3) is 0 Å². The highest BCUT2D eigenvalue weighted by Crippen LogP contribution is 2.42. The number of oxime groups is 1. The van der Waals surface area contributed by atoms with Crippen LogP contribution in [0.2, 0.25) is 0 Å². The number of nitrogens with zero attached hydrogens (tertiary/aromatic N) is 3. The number of aromatic nitrogens is 1. The van der Waals surface area contributed by atoms with Crippen LogP contribution in [0.15, 0.2) is 88.9 Å². The largest absolute Gasteiger partial charge is 0.461 e. The van der Waals surface area contributed by atoms with E-state index in [1.807, 2.05) is 0 Å². The van der Waals surface area contributed by atoms with Gasteiger partial charge in [-0.15, -0.1) is 0 Å². The lowest BCUT2D eigenvalue weighted by Crippen LogP contribution is -2.31. The van der Waals surface area contributed by atoms with Crippen molar-refractivity contribution in [2.45, 2.75) is 31.3 Å². The van der Waals surface area contributed by atoms with Crippen molar-refractivity contribution in [3.05, 3.63) is 113 Å². The van der Waals surface area contributed by atoms with E-state index in [0.29, 0.717) is 12.1 Å². The van der Waals surface area contributed by atoms with Crippen LogP contribution in [-0.4, -0.2) is 15.7 Å². The summed E-state index contributed by atoms with van der Waals surface area (Å²) in [5.74, 6) is -0.0541. The molecule has 0 aliphatic carbocycles. The topological polar surface area (TPSA) is 50.9 Å². The van der Waals surface area contributed by atoms with Crippen LogP contribution in [0.5, 0.6) is 0 Å². The van der Waals surface area contributed by atoms with E-state index < -0.39 is 47.0 Å². The van der Waals surface area contributed by atoms with Crippen LogP contribution >= 0.6 is 0 Å². The molecule has 214 valence electrons. The normalized spacial score (nSPS) is 16.1. The summed E-state index contributed by atoms with van der Waals surface area (Å²) in [6, 6.07) is 9.91. The third-order valence-electron chi connectivity index (χ3n) is 6.20. The lowest BCUT2D eigenvalue weighted by Gasteiger charge is -2.27. The number of rotatable bonds is 5. The van der Waals surface area contributed by atoms with Crippen molar-refractivity contribution in [3.8, 4) is 11.1 Å². The maximum atomic E-state index is 13.8. The van der Waals surface area contributed by atoms with Crippen molar-refractivity contribution in [2.24, 2.45) is 5.16 Å². The minimum Gasteiger partial charge on any atom is -0.461 e. The summed E-state index contributed by atoms with van der Waals surface area (Å²) in [5.41, 5.74) is -4.60. The number of hydrogen-bond acceptors (Lipinski definition) is 5. The molecule has 5 rings (SSSR count). The van der Waals surface area contributed by atoms with E-state index in [-0.39, 0.29) is 40.9 Å². The number of hydrogen-bond donors (Lipinski definition) is 0. The molecule has 0 spiro atoms. The third-order valence-corrected chi connectivity index (χ3v) is 6.20. The zero-order chi connectivity index (χ0) is 29.6. The molecule has 1 atom stereocenters. The molecule has 0 radical (unpaired) electrons. The molecular formula is C27H16F9N3O2. The fourth-order valence-electron chi connectivity index (χ4n) is 4.40. The standard InChI is InChI=1S/C27H16F9N3O2/c28-25(29,30)17-10-15(11-18(12-17)26(31,32)33)24-39(23(38-41-24)22-6-3-9-40-22)14-16-13-37-8-7-19(16)20-4-1-2-5-21(20)27(34,35)36/h1-13,24H,14H2. The van der Waals surface area contributed by atoms with Gasteiger partial charge in [0, 0.05) is 18.0 Å². The van der Waals surface area contributed by atoms with Crippen LogP contribution in [0.25, 0.3) is 11.1 Å². The SMILES string of the molecule is FC(F)(F)c1cc(C2ON=C(c3ccco3)N2Cc2cnccc2-c2ccccc2C(F)(F)F)cc(C(F)(F)F)c1. The maximum absolute atomic E-state index is 13.8. The second kappa shape index (κ2) is 10.2. The lowest BCUT2D eigenvalue weighted by atomic mass is 9.96. The summed E-state index contributed by atoms with van der Waals surface area (Å²) < 4.78 is 128. The predicted molar refractivity (Wildman–Crippen MR) is 126 cm³/mol. The van der Waals surface area contributed by atoms with Crippen molar-refractivity contribution < 1.29 is 48.8 Å². The highest BCUT2D eigenvalue weighted by atomic mass is 19.4. The molecule has 1 aliphatic heterocycles. The Labute approximate surface area is 225 Å². The molecule has 0 N–H and O–H groups in total. The fourth-order valence-corrected chi connectivity index (χ4v) is 4.40. The number of pyridine rings is 1. The van der Waals surface area contributed by atoms with Gasteiger partial charge in [-0.05, 0) is 59.2 Å². The molecule has 0 saturated heterocycles.